The molecule has 49 heteroatoms. The number of nitrogens with one attached hydrogen (secondary N) is 4. The Morgan fingerprint density at radius 1 is 0.694 bits per heavy atom. The molecule has 0 aliphatic carbocycles. The molecule has 98 heavy (non-hydrogen) atoms. The van der Waals surface area contributed by atoms with Gasteiger partial charge in [0.2, 0.25) is 11.8 Å². The maximum absolute atomic E-state index is 12.5. The summed E-state index contributed by atoms with van der Waals surface area (Å²) in [7, 11) is 57.4. The zero-order valence-corrected chi connectivity index (χ0v) is 68.2. The second-order valence-electron chi connectivity index (χ2n) is 20.2. The first-order valence-electron chi connectivity index (χ1n) is 30.4. The van der Waals surface area contributed by atoms with Crippen LogP contribution in [0.25, 0.3) is 0 Å². The van der Waals surface area contributed by atoms with Crippen LogP contribution in [0.1, 0.15) is 33.9 Å². The first-order valence-corrected chi connectivity index (χ1v) is 32.9. The first kappa shape index (κ1) is 98.6. The number of nitrogens with two attached hydrogens (primary N) is 2. The van der Waals surface area contributed by atoms with Crippen LogP contribution in [0.4, 0.5) is 41.2 Å². The van der Waals surface area contributed by atoms with Crippen LogP contribution >= 0.6 is 66.9 Å². The minimum Gasteiger partial charge on any atom is -1.00 e. The summed E-state index contributed by atoms with van der Waals surface area (Å²) in [4.78, 5) is 80.2. The van der Waals surface area contributed by atoms with E-state index in [1.54, 1.807) is 60.0 Å². The van der Waals surface area contributed by atoms with E-state index in [-0.39, 0.29) is 145 Å². The number of thiazole rings is 3. The Morgan fingerprint density at radius 2 is 1.11 bits per heavy atom. The monoisotopic (exact) mass is 1540 g/mol. The number of benzene rings is 2. The van der Waals surface area contributed by atoms with Crippen molar-refractivity contribution in [1.82, 2.24) is 35.0 Å². The summed E-state index contributed by atoms with van der Waals surface area (Å²) >= 11 is 7.68. The Bertz CT molecular complexity index is 2970. The number of piperazine rings is 3. The van der Waals surface area contributed by atoms with Crippen molar-refractivity contribution in [3.8, 4) is 5.75 Å². The van der Waals surface area contributed by atoms with Gasteiger partial charge >= 0.3 is 103 Å². The molecule has 3 aliphatic heterocycles. The van der Waals surface area contributed by atoms with E-state index in [1.165, 1.54) is 79.6 Å². The molecule has 0 spiro atoms. The predicted molar refractivity (Wildman–Crippen MR) is 427 cm³/mol. The van der Waals surface area contributed by atoms with Gasteiger partial charge in [-0.3, -0.25) is 33.7 Å². The molecule has 3 saturated heterocycles. The van der Waals surface area contributed by atoms with Gasteiger partial charge in [0.25, 0.3) is 18.9 Å². The summed E-state index contributed by atoms with van der Waals surface area (Å²) in [5.74, 6) is -0.517. The van der Waals surface area contributed by atoms with Crippen LogP contribution in [0.3, 0.4) is 0 Å². The molecule has 3 amide bonds. The molecule has 8 N–H and O–H groups in total. The molecule has 0 atom stereocenters. The van der Waals surface area contributed by atoms with Crippen molar-refractivity contribution in [2.75, 3.05) is 143 Å². The Kier molecular flexibility index (Phi) is 60.1. The summed E-state index contributed by atoms with van der Waals surface area (Å²) in [6.07, 6.45) is 1.99. The van der Waals surface area contributed by atoms with Gasteiger partial charge in [-0.2, -0.15) is 0 Å². The van der Waals surface area contributed by atoms with E-state index in [1.807, 2.05) is 12.4 Å². The maximum Gasteiger partial charge on any atom is 1.00 e. The second kappa shape index (κ2) is 59.8. The summed E-state index contributed by atoms with van der Waals surface area (Å²) in [6.45, 7) is 30.2. The number of carbonyl (C=O) groups is 5. The number of hydrogen-bond acceptors (Lipinski definition) is 22. The van der Waals surface area contributed by atoms with Crippen LogP contribution in [-0.2, 0) is 24.1 Å². The van der Waals surface area contributed by atoms with E-state index < -0.39 is 58.2 Å². The average molecular weight is 1540 g/mol. The number of alkyl halides is 1. The smallest absolute Gasteiger partial charge is 1.00 e. The summed E-state index contributed by atoms with van der Waals surface area (Å²) in [6, 6.07) is 13.2. The molecule has 21 radical (unpaired) electrons. The molecule has 3 aliphatic rings. The molecular formula is C49H71B19Br2FK2N14O8S3. The normalized spacial score (nSPS) is 12.7. The molecule has 3 aromatic heterocycles. The van der Waals surface area contributed by atoms with Crippen LogP contribution in [0, 0.1) is 0 Å². The number of halogens is 3. The van der Waals surface area contributed by atoms with E-state index in [0.717, 1.165) is 80.3 Å². The summed E-state index contributed by atoms with van der Waals surface area (Å²) in [5, 5.41) is 23.9. The number of aromatic nitrogens is 3. The van der Waals surface area contributed by atoms with Crippen molar-refractivity contribution in [1.29, 1.82) is 0 Å². The van der Waals surface area contributed by atoms with Crippen molar-refractivity contribution in [3.63, 3.8) is 0 Å². The molecule has 0 bridgehead atoms. The SMILES string of the molecule is Br.C=CC(=O)Nc1cccc(C(=O)Nc2ncc(N3CCN(CC)CC3)s2)c1.C=CC(=O)Nc1cccc(OC=O)c1.CCN1CCN(c2cnc(N)s2)CC1.CCN1CCNCC1.Nc1ncc(Br)s1.O=CO[O-].[2H]CF.[B][B]B([B])B(B(B([B])[B])B([B])[B])B(B([B])[B])B([B])[B].[H-].[K+].[K+]. The summed E-state index contributed by atoms with van der Waals surface area (Å²) in [5.41, 5.74) is 12.4. The van der Waals surface area contributed by atoms with Crippen LogP contribution in [0.15, 0.2) is 96.2 Å². The number of nitrogens with zero attached hydrogens (tertiary/aromatic N) is 8. The zero-order valence-electron chi connectivity index (χ0n) is 58.2. The third kappa shape index (κ3) is 41.3. The van der Waals surface area contributed by atoms with Gasteiger partial charge in [0.15, 0.2) is 15.4 Å². The van der Waals surface area contributed by atoms with Crippen molar-refractivity contribution in [2.24, 2.45) is 0 Å². The number of carbonyl (C=O) groups excluding carboxylic acids is 5. The standard InChI is InChI=1S/C19H23N5O2S.C10H9NO3.C9H16N4S.C6H14N2.C3H3BrN2S.CH3F.CH2O3.B19.BrH.2K.H/c1-3-16(25)21-15-7-5-6-14(12-15)18(26)22-19-20-13-17(27-19)24-10-8-23(4-2)9-11-24;1-2-10(13)11-8-4-3-5-9(6-8)14-7-12;1-2-12-3-5-13(6-4-12)8-7-11-9(10)14-8;1-2-8-5-3-7-4-6-8;4-2-1-6-3(5)7-2;1-2;2-1-4-3;1-11-16(10)19(17(12(2)3)13(4)5)18(14(6)7)15(8)9;;;;/h3,5-7,12-13H,1,4,8-11H2,2H3,(H,21,25)(H,20,22,26);2-7H,1H2,(H,11,13);7H,2-6H2,1H3,(H2,10,11);7H,2-6H2,1H3;1H,(H2,5,6);1H3;1,3H;;1H;;;/q;;;;;;;;;2*+1;-1/p-1/i;;;;;1D;;;;;;. The van der Waals surface area contributed by atoms with Gasteiger partial charge in [-0.15, -0.1) is 17.0 Å². The summed E-state index contributed by atoms with van der Waals surface area (Å²) < 4.78 is 21.1. The minimum atomic E-state index is -1.00. The molecule has 0 unspecified atom stereocenters. The van der Waals surface area contributed by atoms with Gasteiger partial charge in [0.1, 0.15) is 15.8 Å². The number of ether oxygens (including phenoxy) is 1. The fraction of sp³-hybridized carbons (Fsp3) is 0.388. The number of rotatable bonds is 22. The van der Waals surface area contributed by atoms with Crippen molar-refractivity contribution in [3.05, 3.63) is 102 Å². The molecule has 5 aromatic rings. The molecular weight excluding hydrogens is 1470 g/mol. The van der Waals surface area contributed by atoms with Gasteiger partial charge in [-0.05, 0) is 78.0 Å². The molecule has 2 aromatic carbocycles. The number of likely N-dealkylation sites (N-methyl/N-ethyl adjacent to an activating group) is 3. The molecule has 3 fully saturated rings. The third-order valence-corrected chi connectivity index (χ3v) is 17.2. The van der Waals surface area contributed by atoms with Gasteiger partial charge in [-0.1, -0.05) is 80.1 Å². The van der Waals surface area contributed by atoms with Crippen molar-refractivity contribution < 1.29 is 149 Å². The Balaban J connectivity index is -0.000000562. The Hall–Kier alpha value is -1.44. The first-order chi connectivity index (χ1) is 45.8. The van der Waals surface area contributed by atoms with Crippen LogP contribution in [0.5, 0.6) is 5.75 Å². The Morgan fingerprint density at radius 3 is 1.47 bits per heavy atom. The topological polar surface area (TPSA) is 282 Å². The second-order valence-corrected chi connectivity index (χ2v) is 24.7. The minimum absolute atomic E-state index is 0. The van der Waals surface area contributed by atoms with Crippen LogP contribution < -0.4 is 155 Å². The van der Waals surface area contributed by atoms with E-state index in [0.29, 0.717) is 44.6 Å². The number of hydrogen-bond donors (Lipinski definition) is 6. The fourth-order valence-corrected chi connectivity index (χ4v) is 11.8. The fourth-order valence-electron chi connectivity index (χ4n) is 9.19. The van der Waals surface area contributed by atoms with E-state index in [9.17, 15) is 23.6 Å². The largest absolute Gasteiger partial charge is 1.00 e. The van der Waals surface area contributed by atoms with Crippen molar-refractivity contribution >= 4 is 270 Å². The van der Waals surface area contributed by atoms with Gasteiger partial charge in [-0.25, -0.2) is 15.0 Å². The van der Waals surface area contributed by atoms with E-state index >= 15 is 0 Å². The predicted octanol–water partition coefficient (Wildman–Crippen LogP) is -7.24. The van der Waals surface area contributed by atoms with E-state index in [4.69, 9.17) is 100 Å². The van der Waals surface area contributed by atoms with Gasteiger partial charge in [0.05, 0.1) is 30.9 Å². The van der Waals surface area contributed by atoms with Gasteiger partial charge in [0, 0.05) is 237 Å². The van der Waals surface area contributed by atoms with Crippen molar-refractivity contribution in [2.45, 2.75) is 20.8 Å². The molecule has 6 heterocycles. The Labute approximate surface area is 715 Å². The molecule has 22 nitrogen and oxygen atoms in total. The van der Waals surface area contributed by atoms with E-state index in [2.05, 4.69) is 120 Å². The quantitative estimate of drug-likeness (QED) is 0.0123. The number of anilines is 7. The average Bonchev–Trinajstić information content (AvgIpc) is 1.02. The van der Waals surface area contributed by atoms with Gasteiger partial charge < -0.3 is 68.2 Å². The molecule has 0 saturated carbocycles. The number of amides is 3. The number of nitrogen functional groups attached to an aromatic ring is 2. The molecule has 8 rings (SSSR count). The third-order valence-electron chi connectivity index (χ3n) is 14.1. The van der Waals surface area contributed by atoms with Crippen LogP contribution in [-0.4, -0.2) is 301 Å². The maximum atomic E-state index is 12.5. The molecule has 483 valence electrons. The van der Waals surface area contributed by atoms with Crippen LogP contribution in [0.2, 0.25) is 0 Å². The zero-order chi connectivity index (χ0) is 72.1.